The molecule has 2 bridgehead atoms. The fourth-order valence-corrected chi connectivity index (χ4v) is 8.78. The number of phenols is 1. The van der Waals surface area contributed by atoms with Crippen molar-refractivity contribution in [2.45, 2.75) is 69.4 Å². The lowest BCUT2D eigenvalue weighted by molar-refractivity contribution is -0.0155. The molecule has 51 heavy (non-hydrogen) atoms. The summed E-state index contributed by atoms with van der Waals surface area (Å²) in [5.74, 6) is 2.71. The molecule has 0 spiro atoms. The van der Waals surface area contributed by atoms with E-state index in [2.05, 4.69) is 50.4 Å². The first-order valence-corrected chi connectivity index (χ1v) is 19.0. The van der Waals surface area contributed by atoms with E-state index in [-0.39, 0.29) is 23.3 Å². The molecular weight excluding hydrogens is 640 g/mol. The number of carbonyl (C=O) groups is 1. The van der Waals surface area contributed by atoms with E-state index < -0.39 is 6.10 Å². The van der Waals surface area contributed by atoms with Crippen LogP contribution in [0.25, 0.3) is 10.9 Å². The maximum atomic E-state index is 14.0. The van der Waals surface area contributed by atoms with Crippen LogP contribution in [0.2, 0.25) is 0 Å². The number of aromatic amines is 1. The first-order valence-electron chi connectivity index (χ1n) is 19.0. The van der Waals surface area contributed by atoms with Gasteiger partial charge in [-0.1, -0.05) is 49.2 Å². The molecule has 270 valence electrons. The quantitative estimate of drug-likeness (QED) is 0.116. The van der Waals surface area contributed by atoms with E-state index in [4.69, 9.17) is 4.74 Å². The number of aliphatic hydroxyl groups excluding tert-OH is 1. The summed E-state index contributed by atoms with van der Waals surface area (Å²) in [5.41, 5.74) is 2.87. The van der Waals surface area contributed by atoms with Crippen LogP contribution < -0.4 is 15.6 Å². The van der Waals surface area contributed by atoms with Crippen LogP contribution in [0.5, 0.6) is 11.5 Å². The van der Waals surface area contributed by atoms with Gasteiger partial charge < -0.3 is 35.1 Å². The number of amides is 1. The number of nitrogens with zero attached hydrogens (tertiary/aromatic N) is 2. The average Bonchev–Trinajstić information content (AvgIpc) is 3.18. The van der Waals surface area contributed by atoms with Crippen molar-refractivity contribution in [3.05, 3.63) is 106 Å². The molecule has 1 amide bonds. The van der Waals surface area contributed by atoms with Gasteiger partial charge in [-0.2, -0.15) is 0 Å². The third-order valence-electron chi connectivity index (χ3n) is 11.6. The number of aromatic hydroxyl groups is 1. The highest BCUT2D eigenvalue weighted by molar-refractivity contribution is 5.94. The van der Waals surface area contributed by atoms with Crippen molar-refractivity contribution in [1.29, 1.82) is 0 Å². The number of hydrogen-bond acceptors (Lipinski definition) is 7. The highest BCUT2D eigenvalue weighted by Gasteiger charge is 2.44. The van der Waals surface area contributed by atoms with Crippen molar-refractivity contribution in [2.75, 3.05) is 45.9 Å². The molecule has 4 aromatic rings. The number of piperidine rings is 4. The molecule has 4 unspecified atom stereocenters. The Bertz CT molecular complexity index is 1800. The Labute approximate surface area is 300 Å². The van der Waals surface area contributed by atoms with E-state index >= 15 is 0 Å². The lowest BCUT2D eigenvalue weighted by Crippen LogP contribution is -2.58. The molecule has 1 aromatic heterocycles. The van der Waals surface area contributed by atoms with Crippen LogP contribution in [0.1, 0.15) is 84.9 Å². The Balaban J connectivity index is 0.838. The van der Waals surface area contributed by atoms with Gasteiger partial charge in [0.2, 0.25) is 5.56 Å². The molecule has 4 aliphatic heterocycles. The highest BCUT2D eigenvalue weighted by atomic mass is 16.5. The second-order valence-electron chi connectivity index (χ2n) is 14.8. The number of pyridine rings is 1. The minimum absolute atomic E-state index is 0.0130. The minimum atomic E-state index is -0.757. The molecule has 0 saturated carbocycles. The van der Waals surface area contributed by atoms with E-state index in [9.17, 15) is 19.8 Å². The predicted octanol–water partition coefficient (Wildman–Crippen LogP) is 6.23. The van der Waals surface area contributed by atoms with E-state index in [0.29, 0.717) is 41.5 Å². The number of ether oxygens (including phenoxy) is 1. The fraction of sp³-hybridized carbons (Fsp3) is 0.476. The van der Waals surface area contributed by atoms with Crippen LogP contribution >= 0.6 is 0 Å². The van der Waals surface area contributed by atoms with Crippen LogP contribution in [-0.2, 0) is 0 Å². The second kappa shape index (κ2) is 16.4. The number of nitrogens with one attached hydrogen (secondary N) is 2. The zero-order chi connectivity index (χ0) is 35.2. The Morgan fingerprint density at radius 1 is 0.902 bits per heavy atom. The second-order valence-corrected chi connectivity index (χ2v) is 14.8. The Kier molecular flexibility index (Phi) is 11.4. The van der Waals surface area contributed by atoms with Gasteiger partial charge >= 0.3 is 0 Å². The number of unbranched alkanes of at least 4 members (excludes halogenated alkanes) is 3. The smallest absolute Gasteiger partial charge is 0.254 e. The van der Waals surface area contributed by atoms with Gasteiger partial charge in [0.25, 0.3) is 5.91 Å². The van der Waals surface area contributed by atoms with Crippen molar-refractivity contribution in [2.24, 2.45) is 11.8 Å². The predicted molar refractivity (Wildman–Crippen MR) is 200 cm³/mol. The summed E-state index contributed by atoms with van der Waals surface area (Å²) < 4.78 is 6.04. The third kappa shape index (κ3) is 8.32. The molecule has 4 fully saturated rings. The Morgan fingerprint density at radius 2 is 1.69 bits per heavy atom. The number of benzene rings is 3. The molecule has 4 N–H and O–H groups in total. The highest BCUT2D eigenvalue weighted by Crippen LogP contribution is 2.42. The van der Waals surface area contributed by atoms with Gasteiger partial charge in [0.15, 0.2) is 0 Å². The van der Waals surface area contributed by atoms with Crippen molar-refractivity contribution >= 4 is 16.8 Å². The van der Waals surface area contributed by atoms with Gasteiger partial charge in [0, 0.05) is 42.7 Å². The number of hydrogen-bond donors (Lipinski definition) is 4. The summed E-state index contributed by atoms with van der Waals surface area (Å²) >= 11 is 0. The molecule has 3 aromatic carbocycles. The number of fused-ring (bicyclic) bond motifs is 4. The Morgan fingerprint density at radius 3 is 2.45 bits per heavy atom. The number of H-pyrrole nitrogens is 1. The van der Waals surface area contributed by atoms with Gasteiger partial charge in [-0.15, -0.1) is 0 Å². The molecule has 8 rings (SSSR count). The summed E-state index contributed by atoms with van der Waals surface area (Å²) in [5, 5.41) is 24.8. The van der Waals surface area contributed by atoms with Crippen LogP contribution in [0, 0.1) is 11.8 Å². The summed E-state index contributed by atoms with van der Waals surface area (Å²) in [7, 11) is 0. The van der Waals surface area contributed by atoms with Crippen molar-refractivity contribution in [1.82, 2.24) is 20.1 Å². The molecule has 9 nitrogen and oxygen atoms in total. The molecular formula is C42H52N4O5. The first kappa shape index (κ1) is 35.2. The van der Waals surface area contributed by atoms with Gasteiger partial charge in [-0.3, -0.25) is 9.59 Å². The van der Waals surface area contributed by atoms with E-state index in [1.807, 2.05) is 24.3 Å². The lowest BCUT2D eigenvalue weighted by atomic mass is 9.70. The normalized spacial score (nSPS) is 23.7. The van der Waals surface area contributed by atoms with Crippen molar-refractivity contribution in [3.63, 3.8) is 0 Å². The first-order chi connectivity index (χ1) is 24.9. The van der Waals surface area contributed by atoms with Gasteiger partial charge in [0.05, 0.1) is 18.2 Å². The van der Waals surface area contributed by atoms with E-state index in [1.165, 1.54) is 43.6 Å². The Hall–Kier alpha value is -4.18. The maximum absolute atomic E-state index is 14.0. The topological polar surface area (TPSA) is 118 Å². The van der Waals surface area contributed by atoms with E-state index in [1.54, 1.807) is 12.1 Å². The summed E-state index contributed by atoms with van der Waals surface area (Å²) in [4.78, 5) is 33.2. The van der Waals surface area contributed by atoms with E-state index in [0.717, 1.165) is 75.4 Å². The molecule has 4 saturated heterocycles. The number of likely N-dealkylation sites (tertiary alicyclic amines) is 1. The SMILES string of the molecule is O=C(c1ccc(OCCCCCCNCC(O)c2ccc(O)c3[nH]c(=O)ccc23)cc1)N1CCC(c2ccccc2)CC1C1CN2CCC1CC2. The third-order valence-corrected chi connectivity index (χ3v) is 11.6. The zero-order valence-corrected chi connectivity index (χ0v) is 29.5. The van der Waals surface area contributed by atoms with Crippen LogP contribution in [0.3, 0.4) is 0 Å². The molecule has 9 heteroatoms. The number of aromatic nitrogens is 1. The molecule has 4 atom stereocenters. The number of rotatable bonds is 14. The minimum Gasteiger partial charge on any atom is -0.506 e. The van der Waals surface area contributed by atoms with Gasteiger partial charge in [-0.25, -0.2) is 0 Å². The van der Waals surface area contributed by atoms with Gasteiger partial charge in [-0.05, 0) is 123 Å². The van der Waals surface area contributed by atoms with Crippen LogP contribution in [0.15, 0.2) is 83.7 Å². The summed E-state index contributed by atoms with van der Waals surface area (Å²) in [6, 6.07) is 25.1. The fourth-order valence-electron chi connectivity index (χ4n) is 8.78. The number of carbonyl (C=O) groups excluding carboxylic acids is 1. The van der Waals surface area contributed by atoms with Crippen LogP contribution in [-0.4, -0.2) is 82.8 Å². The molecule has 0 radical (unpaired) electrons. The van der Waals surface area contributed by atoms with Crippen molar-refractivity contribution in [3.8, 4) is 11.5 Å². The maximum Gasteiger partial charge on any atom is 0.254 e. The molecule has 0 aliphatic carbocycles. The number of phenolic OH excluding ortho intramolecular Hbond substituents is 1. The van der Waals surface area contributed by atoms with Crippen LogP contribution in [0.4, 0.5) is 0 Å². The summed E-state index contributed by atoms with van der Waals surface area (Å²) in [6.07, 6.45) is 7.83. The zero-order valence-electron chi connectivity index (χ0n) is 29.5. The monoisotopic (exact) mass is 692 g/mol. The average molecular weight is 693 g/mol. The molecule has 5 heterocycles. The number of aliphatic hydroxyl groups is 1. The van der Waals surface area contributed by atoms with Crippen molar-refractivity contribution < 1.29 is 19.7 Å². The largest absolute Gasteiger partial charge is 0.506 e. The summed E-state index contributed by atoms with van der Waals surface area (Å²) in [6.45, 7) is 6.14. The standard InChI is InChI=1S/C42H52N4O5/c47-38-16-14-34(35-15-17-40(49)44-41(35)38)39(48)27-43-21-6-1-2-7-25-51-33-12-10-31(11-13-33)42(50)46-24-20-32(29-8-4-3-5-9-29)26-37(46)36-28-45-22-18-30(36)19-23-45/h3-5,8-17,30,32,36-37,39,43,47-48H,1-2,6-7,18-28H2,(H,44,49). The molecule has 4 aliphatic rings. The lowest BCUT2D eigenvalue weighted by Gasteiger charge is -2.52. The van der Waals surface area contributed by atoms with Gasteiger partial charge in [0.1, 0.15) is 11.5 Å².